The fraction of sp³-hybridized carbons (Fsp3) is 0.118. The summed E-state index contributed by atoms with van der Waals surface area (Å²) < 4.78 is 5.32. The second-order valence-electron chi connectivity index (χ2n) is 4.84. The molecule has 5 nitrogen and oxygen atoms in total. The lowest BCUT2D eigenvalue weighted by Crippen LogP contribution is -2.24. The molecule has 0 aromatic carbocycles. The van der Waals surface area contributed by atoms with E-state index in [0.29, 0.717) is 18.7 Å². The van der Waals surface area contributed by atoms with E-state index in [1.165, 1.54) is 0 Å². The van der Waals surface area contributed by atoms with Gasteiger partial charge in [0.05, 0.1) is 12.7 Å². The van der Waals surface area contributed by atoms with E-state index in [-0.39, 0.29) is 5.91 Å². The zero-order chi connectivity index (χ0) is 15.2. The van der Waals surface area contributed by atoms with Crippen LogP contribution < -0.4 is 5.32 Å². The van der Waals surface area contributed by atoms with E-state index in [9.17, 15) is 4.79 Å². The van der Waals surface area contributed by atoms with Crippen LogP contribution in [0.15, 0.2) is 65.7 Å². The molecule has 0 aliphatic rings. The van der Waals surface area contributed by atoms with E-state index >= 15 is 0 Å². The number of carbonyl (C=O) groups is 1. The third kappa shape index (κ3) is 3.58. The Bertz CT molecular complexity index is 740. The highest BCUT2D eigenvalue weighted by molar-refractivity contribution is 5.78. The van der Waals surface area contributed by atoms with E-state index < -0.39 is 0 Å². The van der Waals surface area contributed by atoms with Crippen molar-refractivity contribution in [1.29, 1.82) is 0 Å². The van der Waals surface area contributed by atoms with Gasteiger partial charge in [0.1, 0.15) is 5.69 Å². The number of amides is 1. The molecule has 3 heterocycles. The quantitative estimate of drug-likeness (QED) is 0.785. The van der Waals surface area contributed by atoms with Gasteiger partial charge in [0.2, 0.25) is 5.91 Å². The zero-order valence-electron chi connectivity index (χ0n) is 11.9. The van der Waals surface area contributed by atoms with Crippen LogP contribution in [0, 0.1) is 0 Å². The van der Waals surface area contributed by atoms with Gasteiger partial charge in [-0.1, -0.05) is 6.07 Å². The van der Waals surface area contributed by atoms with Crippen LogP contribution >= 0.6 is 0 Å². The molecule has 0 spiro atoms. The molecule has 0 aliphatic carbocycles. The minimum Gasteiger partial charge on any atom is -0.463 e. The highest BCUT2D eigenvalue weighted by atomic mass is 16.3. The molecule has 0 unspecified atom stereocenters. The molecule has 22 heavy (non-hydrogen) atoms. The first-order valence-electron chi connectivity index (χ1n) is 6.96. The molecule has 0 bridgehead atoms. The number of rotatable bonds is 5. The summed E-state index contributed by atoms with van der Waals surface area (Å²) in [5.41, 5.74) is 2.62. The summed E-state index contributed by atoms with van der Waals surface area (Å²) in [6, 6.07) is 11.2. The van der Waals surface area contributed by atoms with Crippen molar-refractivity contribution >= 4 is 5.91 Å². The second kappa shape index (κ2) is 6.67. The van der Waals surface area contributed by atoms with Crippen LogP contribution in [0.1, 0.15) is 11.1 Å². The van der Waals surface area contributed by atoms with Crippen molar-refractivity contribution in [3.05, 3.63) is 72.4 Å². The summed E-state index contributed by atoms with van der Waals surface area (Å²) in [4.78, 5) is 20.2. The molecule has 0 saturated carbocycles. The summed E-state index contributed by atoms with van der Waals surface area (Å²) in [5, 5.41) is 2.89. The highest BCUT2D eigenvalue weighted by Crippen LogP contribution is 2.17. The summed E-state index contributed by atoms with van der Waals surface area (Å²) in [6.45, 7) is 0.454. The number of pyridine rings is 2. The van der Waals surface area contributed by atoms with Gasteiger partial charge in [0, 0.05) is 25.1 Å². The molecule has 0 saturated heterocycles. The van der Waals surface area contributed by atoms with Gasteiger partial charge in [-0.05, 0) is 41.5 Å². The summed E-state index contributed by atoms with van der Waals surface area (Å²) in [6.07, 6.45) is 7.03. The van der Waals surface area contributed by atoms with Gasteiger partial charge in [-0.3, -0.25) is 14.8 Å². The van der Waals surface area contributed by atoms with Crippen LogP contribution in [-0.4, -0.2) is 15.9 Å². The summed E-state index contributed by atoms with van der Waals surface area (Å²) in [7, 11) is 0. The molecule has 110 valence electrons. The molecule has 1 amide bonds. The Morgan fingerprint density at radius 3 is 2.86 bits per heavy atom. The fourth-order valence-electron chi connectivity index (χ4n) is 2.09. The van der Waals surface area contributed by atoms with Gasteiger partial charge in [-0.25, -0.2) is 0 Å². The van der Waals surface area contributed by atoms with E-state index in [1.54, 1.807) is 24.9 Å². The lowest BCUT2D eigenvalue weighted by Gasteiger charge is -2.06. The number of carbonyl (C=O) groups excluding carboxylic acids is 1. The van der Waals surface area contributed by atoms with Crippen LogP contribution in [0.3, 0.4) is 0 Å². The number of hydrogen-bond acceptors (Lipinski definition) is 4. The molecule has 0 radical (unpaired) electrons. The van der Waals surface area contributed by atoms with Gasteiger partial charge in [0.15, 0.2) is 5.76 Å². The number of hydrogen-bond donors (Lipinski definition) is 1. The molecule has 5 heteroatoms. The number of furan rings is 1. The predicted octanol–water partition coefficient (Wildman–Crippen LogP) is 2.60. The first-order chi connectivity index (χ1) is 10.8. The van der Waals surface area contributed by atoms with Crippen LogP contribution in [0.25, 0.3) is 11.5 Å². The lowest BCUT2D eigenvalue weighted by molar-refractivity contribution is -0.120. The summed E-state index contributed by atoms with van der Waals surface area (Å²) >= 11 is 0. The Labute approximate surface area is 128 Å². The van der Waals surface area contributed by atoms with Gasteiger partial charge in [-0.2, -0.15) is 0 Å². The van der Waals surface area contributed by atoms with Crippen LogP contribution in [0.2, 0.25) is 0 Å². The Kier molecular flexibility index (Phi) is 4.25. The fourth-order valence-corrected chi connectivity index (χ4v) is 2.09. The van der Waals surface area contributed by atoms with Crippen LogP contribution in [-0.2, 0) is 17.8 Å². The zero-order valence-corrected chi connectivity index (χ0v) is 11.9. The standard InChI is InChI=1S/C17H15N3O2/c21-17(10-13-3-1-6-18-11-13)20-12-14-5-7-19-15(9-14)16-4-2-8-22-16/h1-9,11H,10,12H2,(H,20,21). The average molecular weight is 293 g/mol. The first-order valence-corrected chi connectivity index (χ1v) is 6.96. The Hall–Kier alpha value is -2.95. The Morgan fingerprint density at radius 1 is 1.14 bits per heavy atom. The molecule has 3 aromatic rings. The predicted molar refractivity (Wildman–Crippen MR) is 81.7 cm³/mol. The van der Waals surface area contributed by atoms with Gasteiger partial charge in [0.25, 0.3) is 0 Å². The maximum absolute atomic E-state index is 11.9. The smallest absolute Gasteiger partial charge is 0.224 e. The first kappa shape index (κ1) is 14.0. The molecule has 0 aliphatic heterocycles. The molecule has 1 N–H and O–H groups in total. The minimum absolute atomic E-state index is 0.0376. The highest BCUT2D eigenvalue weighted by Gasteiger charge is 2.06. The normalized spacial score (nSPS) is 10.4. The maximum Gasteiger partial charge on any atom is 0.224 e. The molecular weight excluding hydrogens is 278 g/mol. The third-order valence-electron chi connectivity index (χ3n) is 3.18. The van der Waals surface area contributed by atoms with E-state index in [4.69, 9.17) is 4.42 Å². The van der Waals surface area contributed by atoms with Gasteiger partial charge < -0.3 is 9.73 Å². The Morgan fingerprint density at radius 2 is 2.09 bits per heavy atom. The largest absolute Gasteiger partial charge is 0.463 e. The van der Waals surface area contributed by atoms with Crippen molar-refractivity contribution in [3.8, 4) is 11.5 Å². The molecule has 3 aromatic heterocycles. The van der Waals surface area contributed by atoms with Crippen molar-refractivity contribution in [2.75, 3.05) is 0 Å². The summed E-state index contributed by atoms with van der Waals surface area (Å²) in [5.74, 6) is 0.674. The lowest BCUT2D eigenvalue weighted by atomic mass is 10.2. The SMILES string of the molecule is O=C(Cc1cccnc1)NCc1ccnc(-c2ccco2)c1. The monoisotopic (exact) mass is 293 g/mol. The second-order valence-corrected chi connectivity index (χ2v) is 4.84. The van der Waals surface area contributed by atoms with E-state index in [0.717, 1.165) is 16.8 Å². The number of aromatic nitrogens is 2. The van der Waals surface area contributed by atoms with Gasteiger partial charge >= 0.3 is 0 Å². The molecule has 3 rings (SSSR count). The third-order valence-corrected chi connectivity index (χ3v) is 3.18. The van der Waals surface area contributed by atoms with Crippen molar-refractivity contribution in [1.82, 2.24) is 15.3 Å². The van der Waals surface area contributed by atoms with E-state index in [1.807, 2.05) is 36.4 Å². The number of nitrogens with zero attached hydrogens (tertiary/aromatic N) is 2. The maximum atomic E-state index is 11.9. The number of nitrogens with one attached hydrogen (secondary N) is 1. The topological polar surface area (TPSA) is 68.0 Å². The minimum atomic E-state index is -0.0376. The van der Waals surface area contributed by atoms with Crippen molar-refractivity contribution in [3.63, 3.8) is 0 Å². The van der Waals surface area contributed by atoms with Gasteiger partial charge in [-0.15, -0.1) is 0 Å². The Balaban J connectivity index is 1.60. The van der Waals surface area contributed by atoms with Crippen molar-refractivity contribution in [2.45, 2.75) is 13.0 Å². The van der Waals surface area contributed by atoms with Crippen molar-refractivity contribution in [2.24, 2.45) is 0 Å². The van der Waals surface area contributed by atoms with Crippen LogP contribution in [0.5, 0.6) is 0 Å². The van der Waals surface area contributed by atoms with Crippen LogP contribution in [0.4, 0.5) is 0 Å². The molecular formula is C17H15N3O2. The average Bonchev–Trinajstić information content (AvgIpc) is 3.09. The molecule has 0 atom stereocenters. The van der Waals surface area contributed by atoms with Crippen molar-refractivity contribution < 1.29 is 9.21 Å². The van der Waals surface area contributed by atoms with E-state index in [2.05, 4.69) is 15.3 Å². The molecule has 0 fully saturated rings.